The second-order valence-electron chi connectivity index (χ2n) is 5.83. The number of hydrogen-bond acceptors (Lipinski definition) is 4. The van der Waals surface area contributed by atoms with E-state index in [1.54, 1.807) is 35.3 Å². The van der Waals surface area contributed by atoms with Crippen LogP contribution in [0.3, 0.4) is 0 Å². The molecule has 0 aromatic heterocycles. The molecular formula is C18H21NO3S2. The fraction of sp³-hybridized carbons (Fsp3) is 0.333. The van der Waals surface area contributed by atoms with E-state index in [0.29, 0.717) is 11.4 Å². The molecule has 1 aliphatic rings. The first kappa shape index (κ1) is 17.3. The average Bonchev–Trinajstić information content (AvgIpc) is 3.07. The monoisotopic (exact) mass is 363 g/mol. The van der Waals surface area contributed by atoms with E-state index in [0.717, 1.165) is 28.2 Å². The molecule has 2 aromatic carbocycles. The molecule has 0 aliphatic carbocycles. The maximum atomic E-state index is 13.2. The summed E-state index contributed by atoms with van der Waals surface area (Å²) in [5.41, 5.74) is 2.97. The van der Waals surface area contributed by atoms with Crippen molar-refractivity contribution in [2.45, 2.75) is 24.1 Å². The van der Waals surface area contributed by atoms with Gasteiger partial charge in [-0.2, -0.15) is 4.31 Å². The van der Waals surface area contributed by atoms with Gasteiger partial charge in [-0.1, -0.05) is 24.3 Å². The zero-order valence-corrected chi connectivity index (χ0v) is 15.7. The SMILES string of the molecule is COc1ccccc1C1SCCN1S(=O)(=O)c1ccc(C)c(C)c1. The number of aryl methyl sites for hydroxylation is 2. The summed E-state index contributed by atoms with van der Waals surface area (Å²) in [5, 5.41) is -0.257. The number of sulfonamides is 1. The lowest BCUT2D eigenvalue weighted by atomic mass is 10.1. The van der Waals surface area contributed by atoms with Crippen LogP contribution in [0, 0.1) is 13.8 Å². The van der Waals surface area contributed by atoms with Crippen LogP contribution in [0.15, 0.2) is 47.4 Å². The predicted molar refractivity (Wildman–Crippen MR) is 98.0 cm³/mol. The zero-order valence-electron chi connectivity index (χ0n) is 14.0. The van der Waals surface area contributed by atoms with Crippen LogP contribution in [-0.2, 0) is 10.0 Å². The van der Waals surface area contributed by atoms with E-state index in [1.165, 1.54) is 0 Å². The largest absolute Gasteiger partial charge is 0.496 e. The summed E-state index contributed by atoms with van der Waals surface area (Å²) in [6.45, 7) is 4.42. The minimum Gasteiger partial charge on any atom is -0.496 e. The summed E-state index contributed by atoms with van der Waals surface area (Å²) >= 11 is 1.63. The van der Waals surface area contributed by atoms with Crippen LogP contribution in [0.5, 0.6) is 5.75 Å². The van der Waals surface area contributed by atoms with Crippen molar-refractivity contribution < 1.29 is 13.2 Å². The number of rotatable bonds is 4. The van der Waals surface area contributed by atoms with Gasteiger partial charge < -0.3 is 4.74 Å². The summed E-state index contributed by atoms with van der Waals surface area (Å²) < 4.78 is 33.3. The van der Waals surface area contributed by atoms with Gasteiger partial charge >= 0.3 is 0 Å². The summed E-state index contributed by atoms with van der Waals surface area (Å²) in [6.07, 6.45) is 0. The third kappa shape index (κ3) is 3.06. The maximum absolute atomic E-state index is 13.2. The molecule has 0 spiro atoms. The molecule has 0 saturated carbocycles. The topological polar surface area (TPSA) is 46.6 Å². The number of thioether (sulfide) groups is 1. The molecule has 0 N–H and O–H groups in total. The van der Waals surface area contributed by atoms with Crippen LogP contribution in [0.4, 0.5) is 0 Å². The molecule has 1 heterocycles. The van der Waals surface area contributed by atoms with Crippen molar-refractivity contribution in [3.63, 3.8) is 0 Å². The number of hydrogen-bond donors (Lipinski definition) is 0. The van der Waals surface area contributed by atoms with Gasteiger partial charge in [0.15, 0.2) is 0 Å². The molecule has 1 saturated heterocycles. The zero-order chi connectivity index (χ0) is 17.3. The molecule has 128 valence electrons. The first-order valence-corrected chi connectivity index (χ1v) is 10.3. The van der Waals surface area contributed by atoms with Gasteiger partial charge in [0.05, 0.1) is 17.4 Å². The van der Waals surface area contributed by atoms with Gasteiger partial charge in [0.1, 0.15) is 5.75 Å². The molecule has 3 rings (SSSR count). The van der Waals surface area contributed by atoms with Crippen LogP contribution in [-0.4, -0.2) is 32.1 Å². The first-order valence-electron chi connectivity index (χ1n) is 7.79. The Morgan fingerprint density at radius 1 is 1.12 bits per heavy atom. The van der Waals surface area contributed by atoms with Gasteiger partial charge in [0.25, 0.3) is 0 Å². The summed E-state index contributed by atoms with van der Waals surface area (Å²) in [7, 11) is -1.93. The Kier molecular flexibility index (Phi) is 4.90. The molecule has 1 aliphatic heterocycles. The predicted octanol–water partition coefficient (Wildman–Crippen LogP) is 3.75. The second-order valence-corrected chi connectivity index (χ2v) is 8.91. The highest BCUT2D eigenvalue weighted by molar-refractivity contribution is 8.01. The lowest BCUT2D eigenvalue weighted by Crippen LogP contribution is -2.30. The number of methoxy groups -OCH3 is 1. The van der Waals surface area contributed by atoms with E-state index in [4.69, 9.17) is 4.74 Å². The summed E-state index contributed by atoms with van der Waals surface area (Å²) in [6, 6.07) is 12.9. The third-order valence-corrected chi connectivity index (χ3v) is 7.58. The smallest absolute Gasteiger partial charge is 0.244 e. The van der Waals surface area contributed by atoms with Crippen LogP contribution in [0.25, 0.3) is 0 Å². The van der Waals surface area contributed by atoms with Gasteiger partial charge in [-0.25, -0.2) is 8.42 Å². The van der Waals surface area contributed by atoms with Gasteiger partial charge in [-0.15, -0.1) is 11.8 Å². The van der Waals surface area contributed by atoms with E-state index >= 15 is 0 Å². The standard InChI is InChI=1S/C18H21NO3S2/c1-13-8-9-15(12-14(13)2)24(20,21)19-10-11-23-18(19)16-6-4-5-7-17(16)22-3/h4-9,12,18H,10-11H2,1-3H3. The maximum Gasteiger partial charge on any atom is 0.244 e. The molecule has 2 aromatic rings. The molecule has 1 unspecified atom stereocenters. The fourth-order valence-electron chi connectivity index (χ4n) is 2.83. The van der Waals surface area contributed by atoms with Crippen molar-refractivity contribution >= 4 is 21.8 Å². The molecule has 1 fully saturated rings. The highest BCUT2D eigenvalue weighted by atomic mass is 32.2. The normalized spacial score (nSPS) is 18.7. The minimum absolute atomic E-state index is 0.257. The number of ether oxygens (including phenoxy) is 1. The average molecular weight is 364 g/mol. The quantitative estimate of drug-likeness (QED) is 0.830. The van der Waals surface area contributed by atoms with Gasteiger partial charge in [0, 0.05) is 17.9 Å². The summed E-state index contributed by atoms with van der Waals surface area (Å²) in [4.78, 5) is 0.355. The fourth-order valence-corrected chi connectivity index (χ4v) is 6.17. The Bertz CT molecular complexity index is 849. The lowest BCUT2D eigenvalue weighted by molar-refractivity contribution is 0.390. The molecular weight excluding hydrogens is 342 g/mol. The van der Waals surface area contributed by atoms with Crippen molar-refractivity contribution in [1.29, 1.82) is 0 Å². The molecule has 0 radical (unpaired) electrons. The van der Waals surface area contributed by atoms with Gasteiger partial charge in [-0.3, -0.25) is 0 Å². The first-order chi connectivity index (χ1) is 11.4. The van der Waals surface area contributed by atoms with Crippen molar-refractivity contribution in [3.8, 4) is 5.75 Å². The van der Waals surface area contributed by atoms with Gasteiger partial charge in [0.2, 0.25) is 10.0 Å². The van der Waals surface area contributed by atoms with E-state index in [2.05, 4.69) is 0 Å². The van der Waals surface area contributed by atoms with Crippen LogP contribution < -0.4 is 4.74 Å². The van der Waals surface area contributed by atoms with Crippen molar-refractivity contribution in [2.75, 3.05) is 19.4 Å². The van der Waals surface area contributed by atoms with Crippen LogP contribution in [0.2, 0.25) is 0 Å². The number of nitrogens with zero attached hydrogens (tertiary/aromatic N) is 1. The highest BCUT2D eigenvalue weighted by Crippen LogP contribution is 2.44. The molecule has 4 nitrogen and oxygen atoms in total. The van der Waals surface area contributed by atoms with E-state index in [9.17, 15) is 8.42 Å². The van der Waals surface area contributed by atoms with Gasteiger partial charge in [-0.05, 0) is 43.2 Å². The highest BCUT2D eigenvalue weighted by Gasteiger charge is 2.38. The lowest BCUT2D eigenvalue weighted by Gasteiger charge is -2.25. The number of para-hydroxylation sites is 1. The van der Waals surface area contributed by atoms with Crippen molar-refractivity contribution in [3.05, 3.63) is 59.2 Å². The van der Waals surface area contributed by atoms with E-state index in [-0.39, 0.29) is 5.37 Å². The van der Waals surface area contributed by atoms with Crippen molar-refractivity contribution in [1.82, 2.24) is 4.31 Å². The molecule has 0 bridgehead atoms. The Morgan fingerprint density at radius 2 is 1.88 bits per heavy atom. The van der Waals surface area contributed by atoms with E-state index in [1.807, 2.05) is 44.2 Å². The minimum atomic E-state index is -3.54. The van der Waals surface area contributed by atoms with Crippen LogP contribution >= 0.6 is 11.8 Å². The Hall–Kier alpha value is -1.50. The third-order valence-electron chi connectivity index (χ3n) is 4.34. The second kappa shape index (κ2) is 6.78. The Labute approximate surface area is 147 Å². The molecule has 0 amide bonds. The van der Waals surface area contributed by atoms with E-state index < -0.39 is 10.0 Å². The molecule has 6 heteroatoms. The Morgan fingerprint density at radius 3 is 2.58 bits per heavy atom. The number of benzene rings is 2. The summed E-state index contributed by atoms with van der Waals surface area (Å²) in [5.74, 6) is 1.49. The van der Waals surface area contributed by atoms with Crippen LogP contribution in [0.1, 0.15) is 22.1 Å². The van der Waals surface area contributed by atoms with Crippen molar-refractivity contribution in [2.24, 2.45) is 0 Å². The Balaban J connectivity index is 2.02. The molecule has 24 heavy (non-hydrogen) atoms. The molecule has 1 atom stereocenters.